The molecule has 1 fully saturated rings. The molecule has 1 aromatic rings. The highest BCUT2D eigenvalue weighted by molar-refractivity contribution is 5.42. The van der Waals surface area contributed by atoms with Crippen LogP contribution in [0.2, 0.25) is 0 Å². The van der Waals surface area contributed by atoms with Crippen LogP contribution in [0.1, 0.15) is 44.9 Å². The van der Waals surface area contributed by atoms with Gasteiger partial charge in [-0.2, -0.15) is 0 Å². The van der Waals surface area contributed by atoms with Gasteiger partial charge >= 0.3 is 0 Å². The molecule has 0 saturated carbocycles. The third-order valence-electron chi connectivity index (χ3n) is 3.94. The fourth-order valence-corrected chi connectivity index (χ4v) is 2.59. The molecule has 120 valence electrons. The van der Waals surface area contributed by atoms with Crippen LogP contribution in [0.3, 0.4) is 0 Å². The lowest BCUT2D eigenvalue weighted by molar-refractivity contribution is -0.00391. The highest BCUT2D eigenvalue weighted by atomic mass is 16.5. The van der Waals surface area contributed by atoms with E-state index in [2.05, 4.69) is 44.0 Å². The monoisotopic (exact) mass is 294 g/mol. The lowest BCUT2D eigenvalue weighted by Crippen LogP contribution is -2.33. The van der Waals surface area contributed by atoms with E-state index in [-0.39, 0.29) is 5.60 Å². The Labute approximate surface area is 128 Å². The molecule has 2 heterocycles. The van der Waals surface area contributed by atoms with E-state index in [1.54, 1.807) is 0 Å². The molecule has 4 nitrogen and oxygen atoms in total. The predicted octanol–water partition coefficient (Wildman–Crippen LogP) is 3.27. The quantitative estimate of drug-likeness (QED) is 0.817. The topological polar surface area (TPSA) is 37.6 Å². The summed E-state index contributed by atoms with van der Waals surface area (Å²) in [5.41, 5.74) is 1.21. The van der Waals surface area contributed by atoms with Gasteiger partial charge in [0.2, 0.25) is 0 Å². The Bertz CT molecular complexity index is 429. The first-order valence-electron chi connectivity index (χ1n) is 8.04. The summed E-state index contributed by atoms with van der Waals surface area (Å²) >= 11 is 0. The molecule has 1 aliphatic rings. The zero-order valence-corrected chi connectivity index (χ0v) is 14.2. The molecule has 0 amide bonds. The molecule has 0 aromatic carbocycles. The van der Waals surface area contributed by atoms with Gasteiger partial charge in [-0.25, -0.2) is 0 Å². The molecule has 0 spiro atoms. The maximum Gasteiger partial charge on any atom is 0.195 e. The van der Waals surface area contributed by atoms with Crippen molar-refractivity contribution in [2.45, 2.75) is 59.1 Å². The van der Waals surface area contributed by atoms with Crippen LogP contribution in [0.25, 0.3) is 0 Å². The largest absolute Gasteiger partial charge is 0.446 e. The maximum absolute atomic E-state index is 5.81. The third kappa shape index (κ3) is 5.04. The van der Waals surface area contributed by atoms with Crippen molar-refractivity contribution in [2.24, 2.45) is 0 Å². The summed E-state index contributed by atoms with van der Waals surface area (Å²) in [5.74, 6) is 2.05. The van der Waals surface area contributed by atoms with Gasteiger partial charge in [-0.1, -0.05) is 0 Å². The van der Waals surface area contributed by atoms with E-state index in [0.29, 0.717) is 6.04 Å². The summed E-state index contributed by atoms with van der Waals surface area (Å²) < 4.78 is 11.5. The summed E-state index contributed by atoms with van der Waals surface area (Å²) in [5, 5.41) is 3.63. The van der Waals surface area contributed by atoms with Gasteiger partial charge in [-0.05, 0) is 59.6 Å². The first-order valence-corrected chi connectivity index (χ1v) is 8.04. The van der Waals surface area contributed by atoms with Gasteiger partial charge in [-0.15, -0.1) is 0 Å². The van der Waals surface area contributed by atoms with Crippen molar-refractivity contribution in [3.8, 4) is 0 Å². The highest BCUT2D eigenvalue weighted by Gasteiger charge is 2.24. The lowest BCUT2D eigenvalue weighted by Gasteiger charge is -2.20. The molecule has 2 rings (SSSR count). The number of hydrogen-bond acceptors (Lipinski definition) is 4. The normalized spacial score (nSPS) is 19.5. The van der Waals surface area contributed by atoms with Gasteiger partial charge < -0.3 is 19.4 Å². The Balaban J connectivity index is 1.66. The van der Waals surface area contributed by atoms with Crippen LogP contribution in [0, 0.1) is 13.8 Å². The Morgan fingerprint density at radius 3 is 2.76 bits per heavy atom. The molecular weight excluding hydrogens is 264 g/mol. The van der Waals surface area contributed by atoms with Crippen LogP contribution < -0.4 is 10.2 Å². The number of nitrogens with one attached hydrogen (secondary N) is 1. The minimum Gasteiger partial charge on any atom is -0.446 e. The SMILES string of the molecule is Cc1cc(N2CCC(NCCCOC(C)(C)C)C2)oc1C. The van der Waals surface area contributed by atoms with Crippen LogP contribution in [0.15, 0.2) is 10.5 Å². The van der Waals surface area contributed by atoms with E-state index in [4.69, 9.17) is 9.15 Å². The van der Waals surface area contributed by atoms with Crippen molar-refractivity contribution < 1.29 is 9.15 Å². The number of nitrogens with zero attached hydrogens (tertiary/aromatic N) is 1. The fourth-order valence-electron chi connectivity index (χ4n) is 2.59. The molecule has 0 aliphatic carbocycles. The zero-order valence-electron chi connectivity index (χ0n) is 14.2. The van der Waals surface area contributed by atoms with Crippen molar-refractivity contribution >= 4 is 5.88 Å². The molecule has 21 heavy (non-hydrogen) atoms. The van der Waals surface area contributed by atoms with Crippen LogP contribution in [0.4, 0.5) is 5.88 Å². The summed E-state index contributed by atoms with van der Waals surface area (Å²) in [6.07, 6.45) is 2.24. The van der Waals surface area contributed by atoms with Gasteiger partial charge in [0.25, 0.3) is 0 Å². The lowest BCUT2D eigenvalue weighted by atomic mass is 10.2. The van der Waals surface area contributed by atoms with Gasteiger partial charge in [0.1, 0.15) is 5.76 Å². The number of anilines is 1. The average molecular weight is 294 g/mol. The Kier molecular flexibility index (Phi) is 5.33. The van der Waals surface area contributed by atoms with E-state index >= 15 is 0 Å². The Morgan fingerprint density at radius 1 is 1.38 bits per heavy atom. The minimum absolute atomic E-state index is 0.0286. The van der Waals surface area contributed by atoms with Crippen LogP contribution in [-0.4, -0.2) is 37.9 Å². The van der Waals surface area contributed by atoms with Crippen LogP contribution in [-0.2, 0) is 4.74 Å². The Morgan fingerprint density at radius 2 is 2.14 bits per heavy atom. The molecule has 1 aliphatic heterocycles. The first kappa shape index (κ1) is 16.4. The van der Waals surface area contributed by atoms with E-state index < -0.39 is 0 Å². The highest BCUT2D eigenvalue weighted by Crippen LogP contribution is 2.25. The van der Waals surface area contributed by atoms with Crippen molar-refractivity contribution in [3.63, 3.8) is 0 Å². The number of ether oxygens (including phenoxy) is 1. The summed E-state index contributed by atoms with van der Waals surface area (Å²) in [6, 6.07) is 2.71. The van der Waals surface area contributed by atoms with Gasteiger partial charge in [-0.3, -0.25) is 0 Å². The van der Waals surface area contributed by atoms with Crippen molar-refractivity contribution in [1.82, 2.24) is 5.32 Å². The molecule has 1 N–H and O–H groups in total. The van der Waals surface area contributed by atoms with Crippen molar-refractivity contribution in [2.75, 3.05) is 31.1 Å². The molecular formula is C17H30N2O2. The van der Waals surface area contributed by atoms with Gasteiger partial charge in [0, 0.05) is 31.8 Å². The predicted molar refractivity (Wildman–Crippen MR) is 87.1 cm³/mol. The third-order valence-corrected chi connectivity index (χ3v) is 3.94. The van der Waals surface area contributed by atoms with E-state index in [1.807, 2.05) is 6.92 Å². The van der Waals surface area contributed by atoms with Crippen molar-refractivity contribution in [1.29, 1.82) is 0 Å². The van der Waals surface area contributed by atoms with Crippen LogP contribution in [0.5, 0.6) is 0 Å². The van der Waals surface area contributed by atoms with E-state index in [9.17, 15) is 0 Å². The first-order chi connectivity index (χ1) is 9.85. The summed E-state index contributed by atoms with van der Waals surface area (Å²) in [6.45, 7) is 14.4. The maximum atomic E-state index is 5.81. The smallest absolute Gasteiger partial charge is 0.195 e. The second-order valence-corrected chi connectivity index (χ2v) is 7.02. The molecule has 1 atom stereocenters. The number of aryl methyl sites for hydroxylation is 2. The molecule has 4 heteroatoms. The summed E-state index contributed by atoms with van der Waals surface area (Å²) in [4.78, 5) is 2.34. The minimum atomic E-state index is -0.0286. The molecule has 1 unspecified atom stereocenters. The summed E-state index contributed by atoms with van der Waals surface area (Å²) in [7, 11) is 0. The van der Waals surface area contributed by atoms with E-state index in [0.717, 1.165) is 44.3 Å². The number of rotatable bonds is 6. The molecule has 1 saturated heterocycles. The van der Waals surface area contributed by atoms with Gasteiger partial charge in [0.15, 0.2) is 5.88 Å². The fraction of sp³-hybridized carbons (Fsp3) is 0.765. The number of furan rings is 1. The molecule has 1 aromatic heterocycles. The number of hydrogen-bond donors (Lipinski definition) is 1. The zero-order chi connectivity index (χ0) is 15.5. The standard InChI is InChI=1S/C17H30N2O2/c1-13-11-16(21-14(13)2)19-9-7-15(12-19)18-8-6-10-20-17(3,4)5/h11,15,18H,6-10,12H2,1-5H3. The Hall–Kier alpha value is -1.00. The van der Waals surface area contributed by atoms with E-state index in [1.165, 1.54) is 12.0 Å². The molecule has 0 radical (unpaired) electrons. The second-order valence-electron chi connectivity index (χ2n) is 7.02. The van der Waals surface area contributed by atoms with Gasteiger partial charge in [0.05, 0.1) is 5.60 Å². The average Bonchev–Trinajstić information content (AvgIpc) is 2.96. The second kappa shape index (κ2) is 6.84. The molecule has 0 bridgehead atoms. The van der Waals surface area contributed by atoms with Crippen molar-refractivity contribution in [3.05, 3.63) is 17.4 Å². The van der Waals surface area contributed by atoms with Crippen LogP contribution >= 0.6 is 0 Å².